The van der Waals surface area contributed by atoms with Crippen LogP contribution in [0.4, 0.5) is 5.82 Å². The molecular formula is C11H10N4O2. The van der Waals surface area contributed by atoms with Gasteiger partial charge in [-0.15, -0.1) is 4.73 Å². The van der Waals surface area contributed by atoms with Gasteiger partial charge in [-0.1, -0.05) is 0 Å². The van der Waals surface area contributed by atoms with E-state index in [0.717, 1.165) is 11.1 Å². The predicted octanol–water partition coefficient (Wildman–Crippen LogP) is 0.177. The van der Waals surface area contributed by atoms with Gasteiger partial charge in [0.1, 0.15) is 0 Å². The lowest BCUT2D eigenvalue weighted by Gasteiger charge is -2.11. The monoisotopic (exact) mass is 230 g/mol. The van der Waals surface area contributed by atoms with Crippen LogP contribution in [0.1, 0.15) is 16.8 Å². The zero-order valence-corrected chi connectivity index (χ0v) is 9.39. The average molecular weight is 230 g/mol. The Morgan fingerprint density at radius 1 is 1.12 bits per heavy atom. The number of nitriles is 1. The van der Waals surface area contributed by atoms with Crippen LogP contribution >= 0.6 is 0 Å². The minimum Gasteiger partial charge on any atom is -0.710 e. The van der Waals surface area contributed by atoms with Gasteiger partial charge < -0.3 is 10.4 Å². The van der Waals surface area contributed by atoms with Gasteiger partial charge in [-0.05, 0) is 31.0 Å². The van der Waals surface area contributed by atoms with E-state index in [1.54, 1.807) is 18.2 Å². The third-order valence-electron chi connectivity index (χ3n) is 2.80. The maximum absolute atomic E-state index is 11.9. The maximum Gasteiger partial charge on any atom is 0.385 e. The van der Waals surface area contributed by atoms with Gasteiger partial charge in [0.15, 0.2) is 6.07 Å². The molecule has 6 nitrogen and oxygen atoms in total. The van der Waals surface area contributed by atoms with E-state index in [9.17, 15) is 10.4 Å². The quantitative estimate of drug-likeness (QED) is 0.514. The van der Waals surface area contributed by atoms with Crippen LogP contribution in [0, 0.1) is 35.6 Å². The highest BCUT2D eigenvalue weighted by atomic mass is 16.5. The van der Waals surface area contributed by atoms with E-state index >= 15 is 0 Å². The number of hydrogen-bond donors (Lipinski definition) is 1. The predicted molar refractivity (Wildman–Crippen MR) is 60.5 cm³/mol. The molecule has 0 fully saturated rings. The van der Waals surface area contributed by atoms with Gasteiger partial charge >= 0.3 is 11.5 Å². The molecule has 2 aromatic rings. The summed E-state index contributed by atoms with van der Waals surface area (Å²) in [5.74, 6) is -0.377. The average Bonchev–Trinajstić information content (AvgIpc) is 2.30. The van der Waals surface area contributed by atoms with Gasteiger partial charge in [0.05, 0.1) is 0 Å². The second-order valence-electron chi connectivity index (χ2n) is 3.86. The van der Waals surface area contributed by atoms with E-state index in [1.807, 2.05) is 13.8 Å². The molecule has 86 valence electrons. The summed E-state index contributed by atoms with van der Waals surface area (Å²) < 4.78 is 0.806. The molecule has 6 heteroatoms. The Bertz CT molecular complexity index is 674. The van der Waals surface area contributed by atoms with Gasteiger partial charge in [-0.25, -0.2) is 4.73 Å². The molecule has 17 heavy (non-hydrogen) atoms. The third-order valence-corrected chi connectivity index (χ3v) is 2.80. The molecule has 1 aromatic heterocycles. The number of nitrogen functional groups attached to an aromatic ring is 1. The second kappa shape index (κ2) is 3.49. The van der Waals surface area contributed by atoms with Crippen molar-refractivity contribution in [3.63, 3.8) is 0 Å². The summed E-state index contributed by atoms with van der Waals surface area (Å²) >= 11 is 0. The fraction of sp³-hybridized carbons (Fsp3) is 0.182. The summed E-state index contributed by atoms with van der Waals surface area (Å²) in [4.78, 5) is 0. The van der Waals surface area contributed by atoms with Crippen molar-refractivity contribution in [1.82, 2.24) is 0 Å². The normalized spacial score (nSPS) is 10.4. The van der Waals surface area contributed by atoms with Gasteiger partial charge in [0.25, 0.3) is 5.52 Å². The largest absolute Gasteiger partial charge is 0.710 e. The summed E-state index contributed by atoms with van der Waals surface area (Å²) in [5, 5.41) is 32.5. The lowest BCUT2D eigenvalue weighted by molar-refractivity contribution is -0.620. The number of fused-ring (bicyclic) bond motifs is 1. The SMILES string of the molecule is Cc1cc2c(cc1C)[n+]([O-])c(C#N)c(N)[n+]2[O-]. The number of rotatable bonds is 0. The first-order valence-electron chi connectivity index (χ1n) is 4.93. The lowest BCUT2D eigenvalue weighted by Crippen LogP contribution is -2.43. The molecule has 0 saturated heterocycles. The molecule has 0 spiro atoms. The van der Waals surface area contributed by atoms with Crippen LogP contribution < -0.4 is 15.2 Å². The molecule has 0 aliphatic carbocycles. The van der Waals surface area contributed by atoms with E-state index in [-0.39, 0.29) is 22.5 Å². The fourth-order valence-electron chi connectivity index (χ4n) is 1.66. The van der Waals surface area contributed by atoms with E-state index in [1.165, 1.54) is 0 Å². The smallest absolute Gasteiger partial charge is 0.385 e. The molecule has 1 aromatic carbocycles. The van der Waals surface area contributed by atoms with Crippen molar-refractivity contribution >= 4 is 16.9 Å². The summed E-state index contributed by atoms with van der Waals surface area (Å²) in [5.41, 5.74) is 7.14. The number of aryl methyl sites for hydroxylation is 2. The van der Waals surface area contributed by atoms with Gasteiger partial charge in [-0.3, -0.25) is 5.73 Å². The zero-order valence-electron chi connectivity index (χ0n) is 9.39. The van der Waals surface area contributed by atoms with Crippen molar-refractivity contribution < 1.29 is 9.46 Å². The Morgan fingerprint density at radius 2 is 1.59 bits per heavy atom. The molecule has 1 heterocycles. The highest BCUT2D eigenvalue weighted by molar-refractivity contribution is 5.71. The third kappa shape index (κ3) is 1.40. The van der Waals surface area contributed by atoms with Gasteiger partial charge in [-0.2, -0.15) is 5.26 Å². The fourth-order valence-corrected chi connectivity index (χ4v) is 1.66. The molecule has 0 atom stereocenters. The number of anilines is 1. The van der Waals surface area contributed by atoms with Crippen molar-refractivity contribution in [2.24, 2.45) is 0 Å². The summed E-state index contributed by atoms with van der Waals surface area (Å²) in [6.07, 6.45) is 0. The van der Waals surface area contributed by atoms with Crippen molar-refractivity contribution in [1.29, 1.82) is 5.26 Å². The highest BCUT2D eigenvalue weighted by Crippen LogP contribution is 2.15. The molecular weight excluding hydrogens is 220 g/mol. The lowest BCUT2D eigenvalue weighted by atomic mass is 10.1. The zero-order chi connectivity index (χ0) is 12.7. The van der Waals surface area contributed by atoms with E-state index < -0.39 is 0 Å². The van der Waals surface area contributed by atoms with Crippen LogP contribution in [0.15, 0.2) is 12.1 Å². The van der Waals surface area contributed by atoms with Gasteiger partial charge in [0.2, 0.25) is 5.52 Å². The first-order valence-corrected chi connectivity index (χ1v) is 4.93. The van der Waals surface area contributed by atoms with E-state index in [2.05, 4.69) is 0 Å². The van der Waals surface area contributed by atoms with Crippen LogP contribution in [0.2, 0.25) is 0 Å². The minimum atomic E-state index is -0.379. The topological polar surface area (TPSA) is 104 Å². The van der Waals surface area contributed by atoms with Crippen LogP contribution in [-0.4, -0.2) is 0 Å². The Balaban J connectivity index is 3.05. The Kier molecular flexibility index (Phi) is 2.25. The molecule has 2 rings (SSSR count). The second-order valence-corrected chi connectivity index (χ2v) is 3.86. The molecule has 0 saturated carbocycles. The van der Waals surface area contributed by atoms with Crippen molar-refractivity contribution in [3.05, 3.63) is 39.4 Å². The van der Waals surface area contributed by atoms with E-state index in [4.69, 9.17) is 11.0 Å². The molecule has 0 aliphatic rings. The molecule has 2 N–H and O–H groups in total. The number of aromatic nitrogens is 2. The molecule has 0 aliphatic heterocycles. The first-order chi connectivity index (χ1) is 7.97. The molecule has 0 unspecified atom stereocenters. The number of nitrogens with two attached hydrogens (primary N) is 1. The van der Waals surface area contributed by atoms with Crippen molar-refractivity contribution in [3.8, 4) is 6.07 Å². The Hall–Kier alpha value is -2.55. The summed E-state index contributed by atoms with van der Waals surface area (Å²) in [6, 6.07) is 4.80. The highest BCUT2D eigenvalue weighted by Gasteiger charge is 2.24. The minimum absolute atomic E-state index is 0.147. The maximum atomic E-state index is 11.9. The standard InChI is InChI=1S/C11H10N4O2/c1-6-3-8-9(4-7(6)2)15(17)11(13)10(5-12)14(8)16/h3-4H,13H2,1-2H3. The number of nitrogens with zero attached hydrogens (tertiary/aromatic N) is 3. The number of benzene rings is 1. The molecule has 0 amide bonds. The Labute approximate surface area is 97.3 Å². The number of hydrogen-bond acceptors (Lipinski definition) is 4. The van der Waals surface area contributed by atoms with Crippen LogP contribution in [0.5, 0.6) is 0 Å². The molecule has 0 bridgehead atoms. The summed E-state index contributed by atoms with van der Waals surface area (Å²) in [7, 11) is 0. The van der Waals surface area contributed by atoms with Crippen molar-refractivity contribution in [2.75, 3.05) is 5.73 Å². The van der Waals surface area contributed by atoms with Crippen LogP contribution in [0.25, 0.3) is 11.0 Å². The van der Waals surface area contributed by atoms with Crippen molar-refractivity contribution in [2.45, 2.75) is 13.8 Å². The van der Waals surface area contributed by atoms with Crippen LogP contribution in [-0.2, 0) is 0 Å². The van der Waals surface area contributed by atoms with E-state index in [0.29, 0.717) is 9.46 Å². The first kappa shape index (κ1) is 11.0. The Morgan fingerprint density at radius 3 is 2.06 bits per heavy atom. The summed E-state index contributed by atoms with van der Waals surface area (Å²) in [6.45, 7) is 3.66. The van der Waals surface area contributed by atoms with Gasteiger partial charge in [0, 0.05) is 6.07 Å². The van der Waals surface area contributed by atoms with Crippen LogP contribution in [0.3, 0.4) is 0 Å². The molecule has 0 radical (unpaired) electrons.